The molecule has 0 aliphatic rings. The molecule has 0 bridgehead atoms. The Labute approximate surface area is 100.0 Å². The summed E-state index contributed by atoms with van der Waals surface area (Å²) >= 11 is 0. The Bertz CT molecular complexity index is 210. The highest BCUT2D eigenvalue weighted by Gasteiger charge is 2.20. The Morgan fingerprint density at radius 1 is 1.19 bits per heavy atom. The van der Waals surface area contributed by atoms with Gasteiger partial charge in [0.25, 0.3) is 0 Å². The summed E-state index contributed by atoms with van der Waals surface area (Å²) in [5.41, 5.74) is 0.103. The zero-order chi connectivity index (χ0) is 12.8. The quantitative estimate of drug-likeness (QED) is 0.751. The van der Waals surface area contributed by atoms with E-state index in [-0.39, 0.29) is 11.4 Å². The highest BCUT2D eigenvalue weighted by Crippen LogP contribution is 2.14. The molecule has 1 N–H and O–H groups in total. The molecule has 16 heavy (non-hydrogen) atoms. The molecule has 0 aromatic rings. The standard InChI is InChI=1S/C12H27N3O/c1-7-15(8-2)11(16)13-9-12(3,4)10-14(5)6/h7-10H2,1-6H3,(H,13,16). The van der Waals surface area contributed by atoms with Crippen molar-refractivity contribution in [3.05, 3.63) is 0 Å². The zero-order valence-electron chi connectivity index (χ0n) is 11.6. The van der Waals surface area contributed by atoms with Crippen LogP contribution in [0.3, 0.4) is 0 Å². The van der Waals surface area contributed by atoms with Gasteiger partial charge in [0.05, 0.1) is 0 Å². The summed E-state index contributed by atoms with van der Waals surface area (Å²) < 4.78 is 0. The van der Waals surface area contributed by atoms with E-state index in [2.05, 4.69) is 24.1 Å². The normalized spacial score (nSPS) is 11.7. The lowest BCUT2D eigenvalue weighted by atomic mass is 9.93. The van der Waals surface area contributed by atoms with Crippen LogP contribution in [0.4, 0.5) is 4.79 Å². The topological polar surface area (TPSA) is 35.6 Å². The van der Waals surface area contributed by atoms with Crippen molar-refractivity contribution in [2.45, 2.75) is 27.7 Å². The van der Waals surface area contributed by atoms with Gasteiger partial charge in [0, 0.05) is 26.2 Å². The SMILES string of the molecule is CCN(CC)C(=O)NCC(C)(C)CN(C)C. The van der Waals surface area contributed by atoms with Gasteiger partial charge in [-0.05, 0) is 33.4 Å². The smallest absolute Gasteiger partial charge is 0.317 e. The van der Waals surface area contributed by atoms with Crippen LogP contribution in [0, 0.1) is 5.41 Å². The number of rotatable bonds is 6. The highest BCUT2D eigenvalue weighted by molar-refractivity contribution is 5.74. The van der Waals surface area contributed by atoms with Crippen molar-refractivity contribution in [1.29, 1.82) is 0 Å². The first-order chi connectivity index (χ1) is 7.32. The molecule has 0 radical (unpaired) electrons. The van der Waals surface area contributed by atoms with Gasteiger partial charge in [0.1, 0.15) is 0 Å². The van der Waals surface area contributed by atoms with Crippen molar-refractivity contribution >= 4 is 6.03 Å². The molecule has 0 rings (SSSR count). The molecule has 4 nitrogen and oxygen atoms in total. The van der Waals surface area contributed by atoms with Crippen LogP contribution in [0.2, 0.25) is 0 Å². The third kappa shape index (κ3) is 5.95. The van der Waals surface area contributed by atoms with Crippen molar-refractivity contribution in [2.75, 3.05) is 40.3 Å². The minimum absolute atomic E-state index is 0.0387. The minimum atomic E-state index is 0.0387. The molecule has 0 unspecified atom stereocenters. The summed E-state index contributed by atoms with van der Waals surface area (Å²) in [6, 6.07) is 0.0387. The summed E-state index contributed by atoms with van der Waals surface area (Å²) in [5, 5.41) is 2.99. The fourth-order valence-electron chi connectivity index (χ4n) is 1.85. The molecule has 0 spiro atoms. The van der Waals surface area contributed by atoms with Crippen molar-refractivity contribution in [3.63, 3.8) is 0 Å². The Hall–Kier alpha value is -0.770. The van der Waals surface area contributed by atoms with Gasteiger partial charge < -0.3 is 15.1 Å². The first-order valence-corrected chi connectivity index (χ1v) is 6.00. The molecule has 0 aromatic heterocycles. The van der Waals surface area contributed by atoms with Gasteiger partial charge >= 0.3 is 6.03 Å². The van der Waals surface area contributed by atoms with Gasteiger partial charge in [-0.2, -0.15) is 0 Å². The van der Waals surface area contributed by atoms with E-state index in [0.717, 1.165) is 19.6 Å². The van der Waals surface area contributed by atoms with Crippen LogP contribution < -0.4 is 5.32 Å². The summed E-state index contributed by atoms with van der Waals surface area (Å²) in [6.45, 7) is 11.5. The van der Waals surface area contributed by atoms with E-state index in [0.29, 0.717) is 6.54 Å². The van der Waals surface area contributed by atoms with Gasteiger partial charge in [0.2, 0.25) is 0 Å². The maximum atomic E-state index is 11.7. The molecule has 0 fully saturated rings. The molecule has 0 aliphatic carbocycles. The van der Waals surface area contributed by atoms with Crippen molar-refractivity contribution in [3.8, 4) is 0 Å². The Morgan fingerprint density at radius 3 is 2.06 bits per heavy atom. The fraction of sp³-hybridized carbons (Fsp3) is 0.917. The first-order valence-electron chi connectivity index (χ1n) is 6.00. The monoisotopic (exact) mass is 229 g/mol. The maximum Gasteiger partial charge on any atom is 0.317 e. The van der Waals surface area contributed by atoms with Crippen molar-refractivity contribution < 1.29 is 4.79 Å². The van der Waals surface area contributed by atoms with E-state index in [1.165, 1.54) is 0 Å². The Morgan fingerprint density at radius 2 is 1.69 bits per heavy atom. The number of urea groups is 1. The fourth-order valence-corrected chi connectivity index (χ4v) is 1.85. The van der Waals surface area contributed by atoms with E-state index < -0.39 is 0 Å². The lowest BCUT2D eigenvalue weighted by Gasteiger charge is -2.29. The van der Waals surface area contributed by atoms with Crippen molar-refractivity contribution in [2.24, 2.45) is 5.41 Å². The van der Waals surface area contributed by atoms with Gasteiger partial charge in [-0.3, -0.25) is 0 Å². The van der Waals surface area contributed by atoms with E-state index in [4.69, 9.17) is 0 Å². The molecular weight excluding hydrogens is 202 g/mol. The molecule has 2 amide bonds. The van der Waals surface area contributed by atoms with Gasteiger partial charge in [-0.25, -0.2) is 4.79 Å². The number of nitrogens with zero attached hydrogens (tertiary/aromatic N) is 2. The Kier molecular flexibility index (Phi) is 6.41. The molecular formula is C12H27N3O. The van der Waals surface area contributed by atoms with Gasteiger partial charge in [-0.1, -0.05) is 13.8 Å². The summed E-state index contributed by atoms with van der Waals surface area (Å²) in [4.78, 5) is 15.7. The zero-order valence-corrected chi connectivity index (χ0v) is 11.6. The number of amides is 2. The molecule has 0 atom stereocenters. The number of hydrogen-bond acceptors (Lipinski definition) is 2. The van der Waals surface area contributed by atoms with Gasteiger partial charge in [-0.15, -0.1) is 0 Å². The van der Waals surface area contributed by atoms with Crippen LogP contribution in [0.15, 0.2) is 0 Å². The number of carbonyl (C=O) groups is 1. The van der Waals surface area contributed by atoms with Crippen LogP contribution >= 0.6 is 0 Å². The maximum absolute atomic E-state index is 11.7. The summed E-state index contributed by atoms with van der Waals surface area (Å²) in [7, 11) is 4.10. The van der Waals surface area contributed by atoms with Crippen LogP contribution in [-0.4, -0.2) is 56.1 Å². The number of nitrogens with one attached hydrogen (secondary N) is 1. The van der Waals surface area contributed by atoms with Crippen LogP contribution in [-0.2, 0) is 0 Å². The third-order valence-corrected chi connectivity index (χ3v) is 2.51. The second kappa shape index (κ2) is 6.74. The average Bonchev–Trinajstić information content (AvgIpc) is 2.15. The van der Waals surface area contributed by atoms with E-state index in [9.17, 15) is 4.79 Å². The lowest BCUT2D eigenvalue weighted by Crippen LogP contribution is -2.45. The molecule has 0 saturated heterocycles. The van der Waals surface area contributed by atoms with Gasteiger partial charge in [0.15, 0.2) is 0 Å². The van der Waals surface area contributed by atoms with E-state index in [1.54, 1.807) is 4.90 Å². The molecule has 0 heterocycles. The summed E-state index contributed by atoms with van der Waals surface area (Å²) in [6.07, 6.45) is 0. The minimum Gasteiger partial charge on any atom is -0.337 e. The lowest BCUT2D eigenvalue weighted by molar-refractivity contribution is 0.188. The van der Waals surface area contributed by atoms with E-state index >= 15 is 0 Å². The van der Waals surface area contributed by atoms with Crippen LogP contribution in [0.1, 0.15) is 27.7 Å². The number of carbonyl (C=O) groups excluding carboxylic acids is 1. The molecule has 0 aliphatic heterocycles. The largest absolute Gasteiger partial charge is 0.337 e. The highest BCUT2D eigenvalue weighted by atomic mass is 16.2. The third-order valence-electron chi connectivity index (χ3n) is 2.51. The second-order valence-electron chi connectivity index (χ2n) is 5.23. The summed E-state index contributed by atoms with van der Waals surface area (Å²) in [5.74, 6) is 0. The molecule has 96 valence electrons. The predicted octanol–water partition coefficient (Wildman–Crippen LogP) is 1.63. The molecule has 0 saturated carbocycles. The van der Waals surface area contributed by atoms with Crippen LogP contribution in [0.5, 0.6) is 0 Å². The first kappa shape index (κ1) is 15.2. The molecule has 0 aromatic carbocycles. The average molecular weight is 229 g/mol. The predicted molar refractivity (Wildman–Crippen MR) is 68.7 cm³/mol. The van der Waals surface area contributed by atoms with Crippen LogP contribution in [0.25, 0.3) is 0 Å². The number of hydrogen-bond donors (Lipinski definition) is 1. The van der Waals surface area contributed by atoms with E-state index in [1.807, 2.05) is 27.9 Å². The molecule has 4 heteroatoms. The Balaban J connectivity index is 4.08. The second-order valence-corrected chi connectivity index (χ2v) is 5.23. The van der Waals surface area contributed by atoms with Crippen molar-refractivity contribution in [1.82, 2.24) is 15.1 Å².